The van der Waals surface area contributed by atoms with Crippen LogP contribution in [0.3, 0.4) is 0 Å². The predicted octanol–water partition coefficient (Wildman–Crippen LogP) is 1.68. The Kier molecular flexibility index (Phi) is 6.08. The highest BCUT2D eigenvalue weighted by molar-refractivity contribution is 4.93. The summed E-state index contributed by atoms with van der Waals surface area (Å²) in [6.45, 7) is 11.8. The molecule has 0 aliphatic heterocycles. The fourth-order valence-electron chi connectivity index (χ4n) is 1.96. The maximum atomic E-state index is 4.23. The highest BCUT2D eigenvalue weighted by Gasteiger charge is 2.11. The number of nitrogens with zero attached hydrogens (tertiary/aromatic N) is 3. The first-order valence-electron chi connectivity index (χ1n) is 6.32. The second-order valence-electron chi connectivity index (χ2n) is 4.80. The Morgan fingerprint density at radius 1 is 1.18 bits per heavy atom. The molecule has 0 spiro atoms. The van der Waals surface area contributed by atoms with Gasteiger partial charge in [-0.1, -0.05) is 0 Å². The van der Waals surface area contributed by atoms with E-state index in [9.17, 15) is 0 Å². The normalized spacial score (nSPS) is 11.7. The van der Waals surface area contributed by atoms with Gasteiger partial charge in [-0.15, -0.1) is 0 Å². The predicted molar refractivity (Wildman–Crippen MR) is 70.7 cm³/mol. The molecule has 0 radical (unpaired) electrons. The molecule has 0 atom stereocenters. The number of nitrogens with one attached hydrogen (secondary N) is 1. The van der Waals surface area contributed by atoms with Crippen LogP contribution in [0.15, 0.2) is 18.6 Å². The molecule has 1 rings (SSSR count). The van der Waals surface area contributed by atoms with Crippen molar-refractivity contribution in [1.29, 1.82) is 0 Å². The topological polar surface area (TPSA) is 41.0 Å². The highest BCUT2D eigenvalue weighted by atomic mass is 15.2. The fraction of sp³-hybridized carbons (Fsp3) is 0.692. The molecule has 1 aromatic heterocycles. The van der Waals surface area contributed by atoms with Crippen LogP contribution in [0, 0.1) is 0 Å². The molecular formula is C13H24N4. The van der Waals surface area contributed by atoms with Gasteiger partial charge in [-0.25, -0.2) is 0 Å². The quantitative estimate of drug-likeness (QED) is 0.731. The van der Waals surface area contributed by atoms with Crippen LogP contribution >= 0.6 is 0 Å². The molecule has 0 fully saturated rings. The van der Waals surface area contributed by atoms with Crippen molar-refractivity contribution < 1.29 is 0 Å². The lowest BCUT2D eigenvalue weighted by Gasteiger charge is -2.30. The van der Waals surface area contributed by atoms with Gasteiger partial charge >= 0.3 is 0 Å². The van der Waals surface area contributed by atoms with E-state index < -0.39 is 0 Å². The Morgan fingerprint density at radius 2 is 1.88 bits per heavy atom. The molecule has 1 heterocycles. The minimum absolute atomic E-state index is 0.591. The average molecular weight is 236 g/mol. The molecule has 0 saturated heterocycles. The lowest BCUT2D eigenvalue weighted by atomic mass is 10.2. The van der Waals surface area contributed by atoms with Gasteiger partial charge in [-0.2, -0.15) is 0 Å². The molecule has 0 saturated carbocycles. The van der Waals surface area contributed by atoms with E-state index in [-0.39, 0.29) is 0 Å². The van der Waals surface area contributed by atoms with Gasteiger partial charge in [-0.3, -0.25) is 14.9 Å². The second kappa shape index (κ2) is 7.35. The van der Waals surface area contributed by atoms with Crippen LogP contribution in [0.5, 0.6) is 0 Å². The summed E-state index contributed by atoms with van der Waals surface area (Å²) in [4.78, 5) is 10.7. The maximum Gasteiger partial charge on any atom is 0.0724 e. The van der Waals surface area contributed by atoms with E-state index >= 15 is 0 Å². The van der Waals surface area contributed by atoms with Crippen molar-refractivity contribution in [3.63, 3.8) is 0 Å². The summed E-state index contributed by atoms with van der Waals surface area (Å²) in [5, 5.41) is 3.40. The summed E-state index contributed by atoms with van der Waals surface area (Å²) in [5.74, 6) is 0. The van der Waals surface area contributed by atoms with Crippen LogP contribution in [-0.2, 0) is 6.54 Å². The van der Waals surface area contributed by atoms with Crippen molar-refractivity contribution in [3.8, 4) is 0 Å². The summed E-state index contributed by atoms with van der Waals surface area (Å²) < 4.78 is 0. The van der Waals surface area contributed by atoms with Crippen LogP contribution < -0.4 is 5.32 Å². The van der Waals surface area contributed by atoms with Crippen LogP contribution in [0.25, 0.3) is 0 Å². The molecule has 17 heavy (non-hydrogen) atoms. The van der Waals surface area contributed by atoms with E-state index in [0.29, 0.717) is 12.1 Å². The van der Waals surface area contributed by atoms with Gasteiger partial charge in [0.2, 0.25) is 0 Å². The Labute approximate surface area is 104 Å². The van der Waals surface area contributed by atoms with Crippen molar-refractivity contribution in [3.05, 3.63) is 24.3 Å². The Bertz CT molecular complexity index is 290. The molecule has 0 unspecified atom stereocenters. The molecule has 1 aromatic rings. The zero-order chi connectivity index (χ0) is 12.7. The number of hydrogen-bond donors (Lipinski definition) is 1. The third-order valence-corrected chi connectivity index (χ3v) is 2.80. The molecule has 0 aromatic carbocycles. The molecule has 4 nitrogen and oxygen atoms in total. The third-order valence-electron chi connectivity index (χ3n) is 2.80. The van der Waals surface area contributed by atoms with Crippen molar-refractivity contribution in [1.82, 2.24) is 20.2 Å². The standard InChI is InChI=1S/C13H24N4/c1-11(2)17(12(3)4)8-7-15-10-13-9-14-5-6-16-13/h5-6,9,11-12,15H,7-8,10H2,1-4H3. The number of hydrogen-bond acceptors (Lipinski definition) is 4. The monoisotopic (exact) mass is 236 g/mol. The minimum Gasteiger partial charge on any atom is -0.310 e. The smallest absolute Gasteiger partial charge is 0.0724 e. The summed E-state index contributed by atoms with van der Waals surface area (Å²) in [6, 6.07) is 1.18. The van der Waals surface area contributed by atoms with E-state index in [0.717, 1.165) is 25.3 Å². The molecule has 0 aliphatic rings. The minimum atomic E-state index is 0.591. The first kappa shape index (κ1) is 14.1. The van der Waals surface area contributed by atoms with Crippen LogP contribution in [0.4, 0.5) is 0 Å². The molecule has 0 amide bonds. The Balaban J connectivity index is 2.23. The highest BCUT2D eigenvalue weighted by Crippen LogP contribution is 2.03. The molecule has 96 valence electrons. The number of aromatic nitrogens is 2. The van der Waals surface area contributed by atoms with Gasteiger partial charge in [0, 0.05) is 50.3 Å². The van der Waals surface area contributed by atoms with E-state index in [2.05, 4.69) is 47.9 Å². The fourth-order valence-corrected chi connectivity index (χ4v) is 1.96. The van der Waals surface area contributed by atoms with Gasteiger partial charge in [0.1, 0.15) is 0 Å². The van der Waals surface area contributed by atoms with Gasteiger partial charge in [0.05, 0.1) is 5.69 Å². The summed E-state index contributed by atoms with van der Waals surface area (Å²) in [6.07, 6.45) is 5.23. The molecule has 0 bridgehead atoms. The lowest BCUT2D eigenvalue weighted by Crippen LogP contribution is -2.41. The summed E-state index contributed by atoms with van der Waals surface area (Å²) in [7, 11) is 0. The van der Waals surface area contributed by atoms with E-state index in [1.165, 1.54) is 0 Å². The largest absolute Gasteiger partial charge is 0.310 e. The van der Waals surface area contributed by atoms with Gasteiger partial charge < -0.3 is 5.32 Å². The second-order valence-corrected chi connectivity index (χ2v) is 4.80. The zero-order valence-electron chi connectivity index (χ0n) is 11.3. The first-order valence-corrected chi connectivity index (χ1v) is 6.32. The third kappa shape index (κ3) is 5.24. The summed E-state index contributed by atoms with van der Waals surface area (Å²) >= 11 is 0. The lowest BCUT2D eigenvalue weighted by molar-refractivity contribution is 0.175. The van der Waals surface area contributed by atoms with Crippen LogP contribution in [0.2, 0.25) is 0 Å². The molecule has 1 N–H and O–H groups in total. The van der Waals surface area contributed by atoms with Crippen molar-refractivity contribution in [2.45, 2.75) is 46.3 Å². The van der Waals surface area contributed by atoms with Gasteiger partial charge in [-0.05, 0) is 27.7 Å². The van der Waals surface area contributed by atoms with Crippen LogP contribution in [0.1, 0.15) is 33.4 Å². The average Bonchev–Trinajstić information content (AvgIpc) is 2.29. The van der Waals surface area contributed by atoms with E-state index in [1.807, 2.05) is 0 Å². The van der Waals surface area contributed by atoms with E-state index in [1.54, 1.807) is 18.6 Å². The molecule has 0 aliphatic carbocycles. The molecule has 4 heteroatoms. The number of rotatable bonds is 7. The van der Waals surface area contributed by atoms with Crippen molar-refractivity contribution in [2.24, 2.45) is 0 Å². The van der Waals surface area contributed by atoms with E-state index in [4.69, 9.17) is 0 Å². The Hall–Kier alpha value is -1.00. The molecular weight excluding hydrogens is 212 g/mol. The van der Waals surface area contributed by atoms with Crippen molar-refractivity contribution in [2.75, 3.05) is 13.1 Å². The maximum absolute atomic E-state index is 4.23. The zero-order valence-corrected chi connectivity index (χ0v) is 11.3. The first-order chi connectivity index (χ1) is 8.11. The Morgan fingerprint density at radius 3 is 2.41 bits per heavy atom. The van der Waals surface area contributed by atoms with Crippen LogP contribution in [-0.4, -0.2) is 40.0 Å². The SMILES string of the molecule is CC(C)N(CCNCc1cnccn1)C(C)C. The summed E-state index contributed by atoms with van der Waals surface area (Å²) in [5.41, 5.74) is 0.994. The van der Waals surface area contributed by atoms with Crippen molar-refractivity contribution >= 4 is 0 Å². The van der Waals surface area contributed by atoms with Gasteiger partial charge in [0.15, 0.2) is 0 Å². The van der Waals surface area contributed by atoms with Gasteiger partial charge in [0.25, 0.3) is 0 Å².